The van der Waals surface area contributed by atoms with Gasteiger partial charge in [0.2, 0.25) is 0 Å². The summed E-state index contributed by atoms with van der Waals surface area (Å²) in [6.45, 7) is 0. The third-order valence-corrected chi connectivity index (χ3v) is 2.18. The van der Waals surface area contributed by atoms with Crippen LogP contribution >= 0.6 is 27.5 Å². The van der Waals surface area contributed by atoms with Crippen LogP contribution in [0.5, 0.6) is 0 Å². The van der Waals surface area contributed by atoms with Gasteiger partial charge in [-0.1, -0.05) is 27.5 Å². The molecule has 4 heteroatoms. The van der Waals surface area contributed by atoms with Crippen molar-refractivity contribution < 1.29 is 0 Å². The zero-order chi connectivity index (χ0) is 9.14. The topological polar surface area (TPSA) is 35.8 Å². The van der Waals surface area contributed by atoms with Gasteiger partial charge in [-0.3, -0.25) is 0 Å². The molecular formula is C8H6BrClN2. The Bertz CT molecular complexity index is 344. The normalized spacial score (nSPS) is 9.17. The average Bonchev–Trinajstić information content (AvgIpc) is 2.03. The highest BCUT2D eigenvalue weighted by atomic mass is 79.9. The predicted octanol–water partition coefficient (Wildman–Crippen LogP) is 3.02. The minimum atomic E-state index is 0.539. The first-order chi connectivity index (χ1) is 5.69. The smallest absolute Gasteiger partial charge is 0.101 e. The third kappa shape index (κ3) is 1.71. The molecule has 0 bridgehead atoms. The van der Waals surface area contributed by atoms with Gasteiger partial charge in [-0.05, 0) is 12.1 Å². The molecule has 0 aliphatic carbocycles. The van der Waals surface area contributed by atoms with Gasteiger partial charge >= 0.3 is 0 Å². The van der Waals surface area contributed by atoms with Crippen LogP contribution in [0.25, 0.3) is 0 Å². The van der Waals surface area contributed by atoms with E-state index in [2.05, 4.69) is 27.3 Å². The summed E-state index contributed by atoms with van der Waals surface area (Å²) in [6.07, 6.45) is 0. The van der Waals surface area contributed by atoms with Crippen LogP contribution in [-0.4, -0.2) is 7.05 Å². The van der Waals surface area contributed by atoms with E-state index in [9.17, 15) is 0 Å². The first kappa shape index (κ1) is 9.37. The van der Waals surface area contributed by atoms with E-state index in [4.69, 9.17) is 16.9 Å². The molecule has 1 N–H and O–H groups in total. The minimum absolute atomic E-state index is 0.539. The van der Waals surface area contributed by atoms with Crippen molar-refractivity contribution >= 4 is 33.2 Å². The molecular weight excluding hydrogens is 239 g/mol. The van der Waals surface area contributed by atoms with Crippen LogP contribution in [-0.2, 0) is 0 Å². The van der Waals surface area contributed by atoms with Crippen molar-refractivity contribution in [2.75, 3.05) is 12.4 Å². The lowest BCUT2D eigenvalue weighted by atomic mass is 10.2. The first-order valence-electron chi connectivity index (χ1n) is 3.26. The van der Waals surface area contributed by atoms with Gasteiger partial charge in [0.05, 0.1) is 16.3 Å². The second-order valence-corrected chi connectivity index (χ2v) is 3.49. The average molecular weight is 246 g/mol. The van der Waals surface area contributed by atoms with Crippen LogP contribution in [0.1, 0.15) is 5.56 Å². The van der Waals surface area contributed by atoms with E-state index in [-0.39, 0.29) is 0 Å². The maximum absolute atomic E-state index is 8.73. The zero-order valence-corrected chi connectivity index (χ0v) is 8.70. The molecule has 0 heterocycles. The van der Waals surface area contributed by atoms with Gasteiger partial charge in [-0.2, -0.15) is 5.26 Å². The Labute approximate surface area is 84.3 Å². The first-order valence-corrected chi connectivity index (χ1v) is 4.43. The molecule has 0 spiro atoms. The Balaban J connectivity index is 3.36. The van der Waals surface area contributed by atoms with E-state index in [1.54, 1.807) is 19.2 Å². The summed E-state index contributed by atoms with van der Waals surface area (Å²) < 4.78 is 0.808. The third-order valence-electron chi connectivity index (χ3n) is 1.43. The highest BCUT2D eigenvalue weighted by Gasteiger charge is 2.05. The van der Waals surface area contributed by atoms with Crippen molar-refractivity contribution in [3.05, 3.63) is 27.2 Å². The van der Waals surface area contributed by atoms with Gasteiger partial charge in [0.25, 0.3) is 0 Å². The Morgan fingerprint density at radius 3 is 2.75 bits per heavy atom. The number of nitrogens with zero attached hydrogens (tertiary/aromatic N) is 1. The van der Waals surface area contributed by atoms with Crippen LogP contribution in [0.2, 0.25) is 5.02 Å². The molecule has 12 heavy (non-hydrogen) atoms. The molecule has 0 fully saturated rings. The summed E-state index contributed by atoms with van der Waals surface area (Å²) in [5, 5.41) is 12.1. The van der Waals surface area contributed by atoms with Crippen LogP contribution in [0.4, 0.5) is 5.69 Å². The molecule has 0 aliphatic rings. The Hall–Kier alpha value is -0.720. The summed E-state index contributed by atoms with van der Waals surface area (Å²) in [6, 6.07) is 5.52. The summed E-state index contributed by atoms with van der Waals surface area (Å²) in [5.41, 5.74) is 1.21. The van der Waals surface area contributed by atoms with E-state index < -0.39 is 0 Å². The maximum atomic E-state index is 8.73. The molecule has 1 aromatic rings. The van der Waals surface area contributed by atoms with Crippen molar-refractivity contribution in [2.24, 2.45) is 0 Å². The van der Waals surface area contributed by atoms with Crippen LogP contribution in [0.3, 0.4) is 0 Å². The molecule has 0 saturated carbocycles. The molecule has 62 valence electrons. The standard InChI is InChI=1S/C8H6BrClN2/c1-12-8-5(4-11)2-6(9)3-7(8)10/h2-3,12H,1H3. The summed E-state index contributed by atoms with van der Waals surface area (Å²) in [4.78, 5) is 0. The van der Waals surface area contributed by atoms with E-state index in [1.165, 1.54) is 0 Å². The van der Waals surface area contributed by atoms with Crippen molar-refractivity contribution in [3.8, 4) is 6.07 Å². The SMILES string of the molecule is CNc1c(Cl)cc(Br)cc1C#N. The summed E-state index contributed by atoms with van der Waals surface area (Å²) in [5.74, 6) is 0. The number of anilines is 1. The maximum Gasteiger partial charge on any atom is 0.101 e. The molecule has 2 nitrogen and oxygen atoms in total. The minimum Gasteiger partial charge on any atom is -0.386 e. The number of rotatable bonds is 1. The Morgan fingerprint density at radius 1 is 1.58 bits per heavy atom. The number of hydrogen-bond acceptors (Lipinski definition) is 2. The number of halogens is 2. The molecule has 1 rings (SSSR count). The van der Waals surface area contributed by atoms with Crippen molar-refractivity contribution in [1.29, 1.82) is 5.26 Å². The molecule has 0 amide bonds. The lowest BCUT2D eigenvalue weighted by Gasteiger charge is -2.05. The van der Waals surface area contributed by atoms with E-state index in [0.29, 0.717) is 16.3 Å². The number of nitrogens with one attached hydrogen (secondary N) is 1. The fourth-order valence-corrected chi connectivity index (χ4v) is 1.82. The molecule has 0 aromatic heterocycles. The Kier molecular flexibility index (Phi) is 2.96. The molecule has 0 unspecified atom stereocenters. The number of benzene rings is 1. The highest BCUT2D eigenvalue weighted by molar-refractivity contribution is 9.10. The van der Waals surface area contributed by atoms with E-state index in [1.807, 2.05) is 0 Å². The predicted molar refractivity (Wildman–Crippen MR) is 53.4 cm³/mol. The second-order valence-electron chi connectivity index (χ2n) is 2.17. The van der Waals surface area contributed by atoms with Gasteiger partial charge in [-0.25, -0.2) is 0 Å². The molecule has 1 aromatic carbocycles. The fourth-order valence-electron chi connectivity index (χ4n) is 0.916. The van der Waals surface area contributed by atoms with Crippen LogP contribution in [0.15, 0.2) is 16.6 Å². The summed E-state index contributed by atoms with van der Waals surface area (Å²) in [7, 11) is 1.73. The van der Waals surface area contributed by atoms with Gasteiger partial charge in [-0.15, -0.1) is 0 Å². The van der Waals surface area contributed by atoms with Crippen LogP contribution < -0.4 is 5.32 Å². The molecule has 0 radical (unpaired) electrons. The van der Waals surface area contributed by atoms with Crippen molar-refractivity contribution in [1.82, 2.24) is 0 Å². The lowest BCUT2D eigenvalue weighted by molar-refractivity contribution is 1.43. The van der Waals surface area contributed by atoms with Crippen molar-refractivity contribution in [2.45, 2.75) is 0 Å². The monoisotopic (exact) mass is 244 g/mol. The quantitative estimate of drug-likeness (QED) is 0.825. The van der Waals surface area contributed by atoms with Gasteiger partial charge < -0.3 is 5.32 Å². The van der Waals surface area contributed by atoms with Crippen LogP contribution in [0, 0.1) is 11.3 Å². The molecule has 0 atom stereocenters. The number of nitriles is 1. The largest absolute Gasteiger partial charge is 0.386 e. The number of hydrogen-bond donors (Lipinski definition) is 1. The van der Waals surface area contributed by atoms with E-state index in [0.717, 1.165) is 4.47 Å². The van der Waals surface area contributed by atoms with Gasteiger partial charge in [0.1, 0.15) is 6.07 Å². The fraction of sp³-hybridized carbons (Fsp3) is 0.125. The van der Waals surface area contributed by atoms with Gasteiger partial charge in [0.15, 0.2) is 0 Å². The second kappa shape index (κ2) is 3.79. The molecule has 0 aliphatic heterocycles. The van der Waals surface area contributed by atoms with Gasteiger partial charge in [0, 0.05) is 11.5 Å². The molecule has 0 saturated heterocycles. The highest BCUT2D eigenvalue weighted by Crippen LogP contribution is 2.29. The lowest BCUT2D eigenvalue weighted by Crippen LogP contribution is -1.93. The van der Waals surface area contributed by atoms with Crippen molar-refractivity contribution in [3.63, 3.8) is 0 Å². The zero-order valence-electron chi connectivity index (χ0n) is 6.36. The van der Waals surface area contributed by atoms with E-state index >= 15 is 0 Å². The summed E-state index contributed by atoms with van der Waals surface area (Å²) >= 11 is 9.12. The Morgan fingerprint density at radius 2 is 2.25 bits per heavy atom.